The summed E-state index contributed by atoms with van der Waals surface area (Å²) in [6.45, 7) is 12.1. The highest BCUT2D eigenvalue weighted by molar-refractivity contribution is 5.21. The first kappa shape index (κ1) is 15.2. The van der Waals surface area contributed by atoms with Gasteiger partial charge in [0.1, 0.15) is 5.82 Å². The van der Waals surface area contributed by atoms with Crippen LogP contribution in [0.4, 0.5) is 4.39 Å². The first-order valence-corrected chi connectivity index (χ1v) is 6.79. The van der Waals surface area contributed by atoms with Crippen LogP contribution in [0.2, 0.25) is 0 Å². The third-order valence-corrected chi connectivity index (χ3v) is 3.14. The molecule has 0 radical (unpaired) electrons. The van der Waals surface area contributed by atoms with E-state index in [-0.39, 0.29) is 17.3 Å². The summed E-state index contributed by atoms with van der Waals surface area (Å²) in [7, 11) is 0. The number of halogens is 1. The fourth-order valence-corrected chi connectivity index (χ4v) is 2.10. The van der Waals surface area contributed by atoms with Crippen molar-refractivity contribution in [3.05, 3.63) is 35.6 Å². The van der Waals surface area contributed by atoms with Gasteiger partial charge in [0.25, 0.3) is 0 Å². The molecule has 1 unspecified atom stereocenters. The minimum Gasteiger partial charge on any atom is -0.309 e. The van der Waals surface area contributed by atoms with E-state index in [9.17, 15) is 4.39 Å². The molecule has 0 saturated carbocycles. The minimum atomic E-state index is -0.173. The Morgan fingerprint density at radius 3 is 2.11 bits per heavy atom. The summed E-state index contributed by atoms with van der Waals surface area (Å²) in [5.41, 5.74) is 1.28. The second-order valence-corrected chi connectivity index (χ2v) is 6.49. The van der Waals surface area contributed by atoms with Crippen LogP contribution in [0, 0.1) is 17.2 Å². The van der Waals surface area contributed by atoms with E-state index in [4.69, 9.17) is 0 Å². The highest BCUT2D eigenvalue weighted by Gasteiger charge is 2.25. The maximum absolute atomic E-state index is 13.0. The van der Waals surface area contributed by atoms with Gasteiger partial charge < -0.3 is 5.32 Å². The summed E-state index contributed by atoms with van der Waals surface area (Å²) in [5.74, 6) is 0.528. The van der Waals surface area contributed by atoms with Gasteiger partial charge in [-0.25, -0.2) is 4.39 Å². The van der Waals surface area contributed by atoms with E-state index in [2.05, 4.69) is 39.9 Å². The van der Waals surface area contributed by atoms with E-state index in [1.54, 1.807) is 0 Å². The summed E-state index contributed by atoms with van der Waals surface area (Å²) < 4.78 is 13.0. The Kier molecular flexibility index (Phi) is 5.33. The van der Waals surface area contributed by atoms with Crippen molar-refractivity contribution in [3.8, 4) is 0 Å². The van der Waals surface area contributed by atoms with Crippen LogP contribution in [0.1, 0.15) is 52.6 Å². The van der Waals surface area contributed by atoms with Crippen molar-refractivity contribution in [1.82, 2.24) is 5.32 Å². The SMILES string of the molecule is CC(C)CCNC(c1ccc(F)cc1)C(C)(C)C. The predicted octanol–water partition coefficient (Wildman–Crippen LogP) is 4.55. The molecule has 0 fully saturated rings. The van der Waals surface area contributed by atoms with Gasteiger partial charge in [0.05, 0.1) is 0 Å². The quantitative estimate of drug-likeness (QED) is 0.809. The fraction of sp³-hybridized carbons (Fsp3) is 0.625. The lowest BCUT2D eigenvalue weighted by Crippen LogP contribution is -2.33. The van der Waals surface area contributed by atoms with Gasteiger partial charge in [-0.15, -0.1) is 0 Å². The van der Waals surface area contributed by atoms with Crippen LogP contribution in [-0.4, -0.2) is 6.54 Å². The van der Waals surface area contributed by atoms with E-state index in [1.807, 2.05) is 12.1 Å². The molecule has 1 atom stereocenters. The molecule has 1 nitrogen and oxygen atoms in total. The van der Waals surface area contributed by atoms with Gasteiger partial charge >= 0.3 is 0 Å². The fourth-order valence-electron chi connectivity index (χ4n) is 2.10. The first-order valence-electron chi connectivity index (χ1n) is 6.79. The lowest BCUT2D eigenvalue weighted by atomic mass is 9.82. The predicted molar refractivity (Wildman–Crippen MR) is 76.1 cm³/mol. The topological polar surface area (TPSA) is 12.0 Å². The van der Waals surface area contributed by atoms with Gasteiger partial charge in [0, 0.05) is 6.04 Å². The zero-order valence-electron chi connectivity index (χ0n) is 12.3. The highest BCUT2D eigenvalue weighted by Crippen LogP contribution is 2.32. The molecule has 0 spiro atoms. The highest BCUT2D eigenvalue weighted by atomic mass is 19.1. The maximum atomic E-state index is 13.0. The van der Waals surface area contributed by atoms with E-state index in [1.165, 1.54) is 12.1 Å². The van der Waals surface area contributed by atoms with Crippen LogP contribution >= 0.6 is 0 Å². The minimum absolute atomic E-state index is 0.120. The molecular weight excluding hydrogens is 225 g/mol. The Labute approximate surface area is 111 Å². The van der Waals surface area contributed by atoms with Crippen LogP contribution < -0.4 is 5.32 Å². The molecule has 0 aliphatic carbocycles. The summed E-state index contributed by atoms with van der Waals surface area (Å²) in [6.07, 6.45) is 1.16. The van der Waals surface area contributed by atoms with Crippen molar-refractivity contribution in [2.75, 3.05) is 6.54 Å². The molecule has 0 aliphatic rings. The van der Waals surface area contributed by atoms with Gasteiger partial charge in [-0.2, -0.15) is 0 Å². The molecule has 0 saturated heterocycles. The lowest BCUT2D eigenvalue weighted by Gasteiger charge is -2.32. The van der Waals surface area contributed by atoms with Crippen LogP contribution in [0.3, 0.4) is 0 Å². The number of hydrogen-bond acceptors (Lipinski definition) is 1. The molecule has 0 bridgehead atoms. The first-order chi connectivity index (χ1) is 8.30. The van der Waals surface area contributed by atoms with E-state index in [0.717, 1.165) is 18.5 Å². The molecule has 0 aromatic heterocycles. The standard InChI is InChI=1S/C16H26FN/c1-12(2)10-11-18-15(16(3,4)5)13-6-8-14(17)9-7-13/h6-9,12,15,18H,10-11H2,1-5H3. The normalized spacial score (nSPS) is 13.9. The van der Waals surface area contributed by atoms with Gasteiger partial charge in [0.2, 0.25) is 0 Å². The molecule has 2 heteroatoms. The van der Waals surface area contributed by atoms with Gasteiger partial charge in [-0.3, -0.25) is 0 Å². The molecule has 18 heavy (non-hydrogen) atoms. The molecule has 0 aliphatic heterocycles. The monoisotopic (exact) mass is 251 g/mol. The van der Waals surface area contributed by atoms with E-state index in [0.29, 0.717) is 5.92 Å². The summed E-state index contributed by atoms with van der Waals surface area (Å²) in [6, 6.07) is 7.11. The van der Waals surface area contributed by atoms with Gasteiger partial charge in [-0.05, 0) is 42.0 Å². The average molecular weight is 251 g/mol. The molecule has 102 valence electrons. The maximum Gasteiger partial charge on any atom is 0.123 e. The molecule has 1 aromatic rings. The zero-order chi connectivity index (χ0) is 13.8. The smallest absolute Gasteiger partial charge is 0.123 e. The largest absolute Gasteiger partial charge is 0.309 e. The van der Waals surface area contributed by atoms with Crippen molar-refractivity contribution in [3.63, 3.8) is 0 Å². The van der Waals surface area contributed by atoms with Crippen molar-refractivity contribution in [2.45, 2.75) is 47.1 Å². The van der Waals surface area contributed by atoms with Crippen LogP contribution in [-0.2, 0) is 0 Å². The van der Waals surface area contributed by atoms with Gasteiger partial charge in [0.15, 0.2) is 0 Å². The van der Waals surface area contributed by atoms with Crippen molar-refractivity contribution in [2.24, 2.45) is 11.3 Å². The molecule has 0 heterocycles. The third kappa shape index (κ3) is 4.77. The van der Waals surface area contributed by atoms with Crippen LogP contribution in [0.5, 0.6) is 0 Å². The van der Waals surface area contributed by atoms with Gasteiger partial charge in [-0.1, -0.05) is 46.8 Å². The third-order valence-electron chi connectivity index (χ3n) is 3.14. The van der Waals surface area contributed by atoms with Crippen molar-refractivity contribution < 1.29 is 4.39 Å². The van der Waals surface area contributed by atoms with Crippen LogP contribution in [0.15, 0.2) is 24.3 Å². The number of hydrogen-bond donors (Lipinski definition) is 1. The Morgan fingerprint density at radius 1 is 1.11 bits per heavy atom. The van der Waals surface area contributed by atoms with E-state index >= 15 is 0 Å². The zero-order valence-corrected chi connectivity index (χ0v) is 12.3. The summed E-state index contributed by atoms with van der Waals surface area (Å²) in [4.78, 5) is 0. The Hall–Kier alpha value is -0.890. The Balaban J connectivity index is 2.76. The summed E-state index contributed by atoms with van der Waals surface area (Å²) >= 11 is 0. The average Bonchev–Trinajstić information content (AvgIpc) is 2.24. The number of benzene rings is 1. The Bertz CT molecular complexity index is 348. The molecule has 1 N–H and O–H groups in total. The van der Waals surface area contributed by atoms with Crippen LogP contribution in [0.25, 0.3) is 0 Å². The van der Waals surface area contributed by atoms with Crippen molar-refractivity contribution >= 4 is 0 Å². The molecule has 1 rings (SSSR count). The number of nitrogens with one attached hydrogen (secondary N) is 1. The van der Waals surface area contributed by atoms with E-state index < -0.39 is 0 Å². The number of rotatable bonds is 5. The lowest BCUT2D eigenvalue weighted by molar-refractivity contribution is 0.268. The molecule has 0 amide bonds. The molecular formula is C16H26FN. The molecule has 1 aromatic carbocycles. The van der Waals surface area contributed by atoms with Crippen molar-refractivity contribution in [1.29, 1.82) is 0 Å². The second kappa shape index (κ2) is 6.33. The summed E-state index contributed by atoms with van der Waals surface area (Å²) in [5, 5.41) is 3.60. The Morgan fingerprint density at radius 2 is 1.67 bits per heavy atom. The second-order valence-electron chi connectivity index (χ2n) is 6.49.